The highest BCUT2D eigenvalue weighted by atomic mass is 32.2. The molecular formula is C19H24F3N5O5S2. The van der Waals surface area contributed by atoms with E-state index in [9.17, 15) is 26.4 Å². The number of ether oxygens (including phenoxy) is 2. The Hall–Kier alpha value is -2.65. The number of fused-ring (bicyclic) bond motifs is 1. The molecule has 0 bridgehead atoms. The number of carbonyl (C=O) groups is 1. The molecule has 34 heavy (non-hydrogen) atoms. The summed E-state index contributed by atoms with van der Waals surface area (Å²) in [6.07, 6.45) is 2.33. The van der Waals surface area contributed by atoms with Crippen molar-refractivity contribution in [1.82, 2.24) is 10.2 Å². The second kappa shape index (κ2) is 10.7. The van der Waals surface area contributed by atoms with Gasteiger partial charge in [0.2, 0.25) is 10.1 Å². The van der Waals surface area contributed by atoms with Crippen molar-refractivity contribution in [2.45, 2.75) is 31.7 Å². The minimum absolute atomic E-state index is 0.0140. The summed E-state index contributed by atoms with van der Waals surface area (Å²) >= 11 is 0.814. The van der Waals surface area contributed by atoms with Crippen LogP contribution in [0.1, 0.15) is 35.1 Å². The summed E-state index contributed by atoms with van der Waals surface area (Å²) in [5.74, 6) is -0.735. The molecule has 2 heterocycles. The quantitative estimate of drug-likeness (QED) is 0.356. The smallest absolute Gasteiger partial charge is 0.458 e. The maximum Gasteiger partial charge on any atom is 0.516 e. The van der Waals surface area contributed by atoms with Crippen molar-refractivity contribution in [3.05, 3.63) is 22.7 Å². The number of halogens is 3. The molecule has 2 N–H and O–H groups in total. The van der Waals surface area contributed by atoms with E-state index in [4.69, 9.17) is 9.47 Å². The van der Waals surface area contributed by atoms with Crippen molar-refractivity contribution >= 4 is 49.5 Å². The Morgan fingerprint density at radius 2 is 2.00 bits per heavy atom. The van der Waals surface area contributed by atoms with Crippen molar-refractivity contribution in [2.75, 3.05) is 48.4 Å². The molecule has 0 unspecified atom stereocenters. The zero-order valence-corrected chi connectivity index (χ0v) is 20.1. The van der Waals surface area contributed by atoms with Crippen LogP contribution in [-0.4, -0.2) is 63.5 Å². The maximum absolute atomic E-state index is 13.1. The molecule has 0 aliphatic carbocycles. The third-order valence-corrected chi connectivity index (χ3v) is 6.75. The van der Waals surface area contributed by atoms with Crippen LogP contribution in [0.4, 0.5) is 35.4 Å². The molecule has 0 spiro atoms. The molecule has 0 atom stereocenters. The first-order valence-corrected chi connectivity index (χ1v) is 12.6. The van der Waals surface area contributed by atoms with Gasteiger partial charge in [-0.05, 0) is 37.0 Å². The lowest BCUT2D eigenvalue weighted by Gasteiger charge is -2.32. The first kappa shape index (κ1) is 26.0. The molecule has 1 aromatic heterocycles. The molecule has 10 nitrogen and oxygen atoms in total. The summed E-state index contributed by atoms with van der Waals surface area (Å²) in [6, 6.07) is 2.97. The van der Waals surface area contributed by atoms with Crippen molar-refractivity contribution in [1.29, 1.82) is 0 Å². The number of nitrogens with one attached hydrogen (secondary N) is 2. The Morgan fingerprint density at radius 3 is 2.68 bits per heavy atom. The zero-order valence-electron chi connectivity index (χ0n) is 18.4. The molecule has 0 saturated heterocycles. The number of anilines is 4. The van der Waals surface area contributed by atoms with Gasteiger partial charge in [0.25, 0.3) is 0 Å². The van der Waals surface area contributed by atoms with Gasteiger partial charge in [0.05, 0.1) is 18.0 Å². The number of alkyl halides is 3. The summed E-state index contributed by atoms with van der Waals surface area (Å²) in [5.41, 5.74) is -4.22. The number of hydrogen-bond acceptors (Lipinski definition) is 10. The predicted molar refractivity (Wildman–Crippen MR) is 121 cm³/mol. The molecule has 2 aromatic rings. The standard InChI is InChI=1S/C19H24F3N5O5S2/c1-3-6-27-7-4-5-12-10-13(14(11-15(12)27)26-34(29,30)19(20,21)22)23-18-25-24-16(33-18)17(28)32-9-8-31-2/h10-11,26H,3-9H2,1-2H3,(H,23,25). The normalized spacial score (nSPS) is 14.0. The molecule has 1 aromatic carbocycles. The van der Waals surface area contributed by atoms with Gasteiger partial charge in [-0.2, -0.15) is 21.6 Å². The summed E-state index contributed by atoms with van der Waals surface area (Å²) in [4.78, 5) is 14.0. The highest BCUT2D eigenvalue weighted by Crippen LogP contribution is 2.39. The van der Waals surface area contributed by atoms with E-state index in [-0.39, 0.29) is 34.7 Å². The van der Waals surface area contributed by atoms with Crippen molar-refractivity contribution in [3.63, 3.8) is 0 Å². The van der Waals surface area contributed by atoms with Gasteiger partial charge < -0.3 is 19.7 Å². The van der Waals surface area contributed by atoms with Crippen molar-refractivity contribution in [2.24, 2.45) is 0 Å². The maximum atomic E-state index is 13.1. The fraction of sp³-hybridized carbons (Fsp3) is 0.526. The zero-order chi connectivity index (χ0) is 24.9. The van der Waals surface area contributed by atoms with E-state index in [0.717, 1.165) is 29.7 Å². The SMILES string of the molecule is CCCN1CCCc2cc(Nc3nnc(C(=O)OCCOC)s3)c(NS(=O)(=O)C(F)(F)F)cc21. The number of esters is 1. The predicted octanol–water partition coefficient (Wildman–Crippen LogP) is 3.51. The molecule has 0 saturated carbocycles. The first-order valence-electron chi connectivity index (χ1n) is 10.3. The van der Waals surface area contributed by atoms with Crippen molar-refractivity contribution in [3.8, 4) is 0 Å². The van der Waals surface area contributed by atoms with Crippen LogP contribution in [0.3, 0.4) is 0 Å². The molecule has 1 aliphatic heterocycles. The Kier molecular flexibility index (Phi) is 8.20. The fourth-order valence-corrected chi connectivity index (χ4v) is 4.58. The average Bonchev–Trinajstić information content (AvgIpc) is 3.22. The largest absolute Gasteiger partial charge is 0.516 e. The average molecular weight is 524 g/mol. The monoisotopic (exact) mass is 523 g/mol. The minimum atomic E-state index is -5.67. The number of aromatic nitrogens is 2. The Labute approximate surface area is 198 Å². The first-order chi connectivity index (χ1) is 16.1. The van der Waals surface area contributed by atoms with Crippen LogP contribution >= 0.6 is 11.3 Å². The molecule has 0 radical (unpaired) electrons. The van der Waals surface area contributed by atoms with E-state index in [0.29, 0.717) is 25.2 Å². The number of carbonyl (C=O) groups excluding carboxylic acids is 1. The highest BCUT2D eigenvalue weighted by Gasteiger charge is 2.46. The molecule has 3 rings (SSSR count). The molecular weight excluding hydrogens is 499 g/mol. The number of nitrogens with zero attached hydrogens (tertiary/aromatic N) is 3. The number of hydrogen-bond donors (Lipinski definition) is 2. The van der Waals surface area contributed by atoms with Crippen LogP contribution in [0.2, 0.25) is 0 Å². The topological polar surface area (TPSA) is 123 Å². The van der Waals surface area contributed by atoms with Crippen LogP contribution in [0, 0.1) is 0 Å². The van der Waals surface area contributed by atoms with Gasteiger partial charge in [0.1, 0.15) is 6.61 Å². The number of benzene rings is 1. The van der Waals surface area contributed by atoms with Crippen LogP contribution in [0.15, 0.2) is 12.1 Å². The summed E-state index contributed by atoms with van der Waals surface area (Å²) < 4.78 is 74.3. The van der Waals surface area contributed by atoms with E-state index < -0.39 is 21.5 Å². The lowest BCUT2D eigenvalue weighted by Crippen LogP contribution is -2.32. The number of aryl methyl sites for hydroxylation is 1. The van der Waals surface area contributed by atoms with Crippen molar-refractivity contribution < 1.29 is 35.9 Å². The molecule has 15 heteroatoms. The molecule has 188 valence electrons. The molecule has 0 fully saturated rings. The second-order valence-corrected chi connectivity index (χ2v) is 9.99. The Balaban J connectivity index is 1.94. The van der Waals surface area contributed by atoms with Crippen LogP contribution in [0.5, 0.6) is 0 Å². The van der Waals surface area contributed by atoms with Crippen LogP contribution < -0.4 is 14.9 Å². The minimum Gasteiger partial charge on any atom is -0.458 e. The van der Waals surface area contributed by atoms with Gasteiger partial charge in [-0.15, -0.1) is 10.2 Å². The van der Waals surface area contributed by atoms with E-state index in [2.05, 4.69) is 15.5 Å². The van der Waals surface area contributed by atoms with Crippen LogP contribution in [0.25, 0.3) is 0 Å². The lowest BCUT2D eigenvalue weighted by atomic mass is 10.00. The van der Waals surface area contributed by atoms with E-state index in [1.54, 1.807) is 10.8 Å². The molecule has 0 amide bonds. The van der Waals surface area contributed by atoms with Crippen LogP contribution in [-0.2, 0) is 25.9 Å². The third-order valence-electron chi connectivity index (χ3n) is 4.84. The molecule has 1 aliphatic rings. The summed E-state index contributed by atoms with van der Waals surface area (Å²) in [6.45, 7) is 3.58. The fourth-order valence-electron chi connectivity index (χ4n) is 3.35. The highest BCUT2D eigenvalue weighted by molar-refractivity contribution is 7.93. The Morgan fingerprint density at radius 1 is 1.24 bits per heavy atom. The third kappa shape index (κ3) is 6.07. The Bertz CT molecular complexity index is 1120. The number of sulfonamides is 1. The van der Waals surface area contributed by atoms with Gasteiger partial charge in [0.15, 0.2) is 0 Å². The van der Waals surface area contributed by atoms with Gasteiger partial charge in [-0.3, -0.25) is 4.72 Å². The van der Waals surface area contributed by atoms with E-state index in [1.807, 2.05) is 11.8 Å². The second-order valence-electron chi connectivity index (χ2n) is 7.33. The van der Waals surface area contributed by atoms with Gasteiger partial charge in [-0.25, -0.2) is 4.79 Å². The van der Waals surface area contributed by atoms with E-state index in [1.165, 1.54) is 13.2 Å². The van der Waals surface area contributed by atoms with E-state index >= 15 is 0 Å². The van der Waals surface area contributed by atoms with Gasteiger partial charge >= 0.3 is 21.5 Å². The lowest BCUT2D eigenvalue weighted by molar-refractivity contribution is -0.0429. The number of methoxy groups -OCH3 is 1. The number of rotatable bonds is 10. The van der Waals surface area contributed by atoms with Gasteiger partial charge in [0, 0.05) is 25.9 Å². The summed E-state index contributed by atoms with van der Waals surface area (Å²) in [5, 5.41) is 10.3. The summed E-state index contributed by atoms with van der Waals surface area (Å²) in [7, 11) is -4.22. The van der Waals surface area contributed by atoms with Gasteiger partial charge in [-0.1, -0.05) is 18.3 Å².